The number of anilines is 3. The number of para-hydroxylation sites is 4. The van der Waals surface area contributed by atoms with Crippen molar-refractivity contribution in [2.75, 3.05) is 4.90 Å². The maximum Gasteiger partial charge on any atom is 0.145 e. The van der Waals surface area contributed by atoms with Crippen LogP contribution in [0.25, 0.3) is 91.9 Å². The van der Waals surface area contributed by atoms with Crippen molar-refractivity contribution < 1.29 is 4.42 Å². The van der Waals surface area contributed by atoms with Crippen molar-refractivity contribution in [3.05, 3.63) is 206 Å². The average molecular weight is 759 g/mol. The molecule has 0 aliphatic carbocycles. The molecular formula is C54H34N2OS. The molecular weight excluding hydrogens is 725 g/mol. The predicted molar refractivity (Wildman–Crippen MR) is 247 cm³/mol. The number of rotatable bonds is 6. The van der Waals surface area contributed by atoms with Crippen LogP contribution >= 0.6 is 11.3 Å². The molecule has 0 fully saturated rings. The van der Waals surface area contributed by atoms with Gasteiger partial charge in [0.2, 0.25) is 0 Å². The van der Waals surface area contributed by atoms with Gasteiger partial charge in [-0.15, -0.1) is 11.3 Å². The maximum atomic E-state index is 6.85. The standard InChI is InChI=1S/C54H34N2OS/c1-2-14-38(15-3-1)55(40-16-12-13-36(33-40)37-27-32-52-46(34-37)44-20-7-11-24-51(44)58-52)49-31-30-45-43-19-6-10-23-50(43)57-54(45)53(49)35-25-28-39(29-26-35)56-47-21-8-4-17-41(47)42-18-5-9-22-48(42)56/h1-34H. The lowest BCUT2D eigenvalue weighted by Crippen LogP contribution is -2.11. The Morgan fingerprint density at radius 2 is 1.02 bits per heavy atom. The van der Waals surface area contributed by atoms with Crippen LogP contribution in [-0.4, -0.2) is 4.57 Å². The highest BCUT2D eigenvalue weighted by molar-refractivity contribution is 7.25. The van der Waals surface area contributed by atoms with Crippen LogP contribution in [0, 0.1) is 0 Å². The highest BCUT2D eigenvalue weighted by Crippen LogP contribution is 2.47. The first-order valence-electron chi connectivity index (χ1n) is 19.7. The monoisotopic (exact) mass is 758 g/mol. The van der Waals surface area contributed by atoms with Gasteiger partial charge in [-0.25, -0.2) is 0 Å². The molecule has 0 amide bonds. The van der Waals surface area contributed by atoms with Gasteiger partial charge in [0.05, 0.1) is 16.7 Å². The van der Waals surface area contributed by atoms with Crippen molar-refractivity contribution >= 4 is 92.3 Å². The van der Waals surface area contributed by atoms with Crippen molar-refractivity contribution in [3.63, 3.8) is 0 Å². The minimum Gasteiger partial charge on any atom is -0.455 e. The minimum absolute atomic E-state index is 0.871. The van der Waals surface area contributed by atoms with Gasteiger partial charge in [-0.1, -0.05) is 121 Å². The summed E-state index contributed by atoms with van der Waals surface area (Å²) < 4.78 is 11.8. The molecule has 0 N–H and O–H groups in total. The van der Waals surface area contributed by atoms with E-state index in [1.807, 2.05) is 17.4 Å². The summed E-state index contributed by atoms with van der Waals surface area (Å²) in [5, 5.41) is 7.31. The summed E-state index contributed by atoms with van der Waals surface area (Å²) in [4.78, 5) is 2.38. The van der Waals surface area contributed by atoms with Gasteiger partial charge < -0.3 is 13.9 Å². The second-order valence-electron chi connectivity index (χ2n) is 14.9. The molecule has 0 spiro atoms. The van der Waals surface area contributed by atoms with E-state index in [0.29, 0.717) is 0 Å². The molecule has 272 valence electrons. The largest absolute Gasteiger partial charge is 0.455 e. The number of hydrogen-bond donors (Lipinski definition) is 0. The average Bonchev–Trinajstić information content (AvgIpc) is 3.96. The number of furan rings is 1. The van der Waals surface area contributed by atoms with E-state index in [9.17, 15) is 0 Å². The van der Waals surface area contributed by atoms with Gasteiger partial charge in [-0.3, -0.25) is 0 Å². The van der Waals surface area contributed by atoms with E-state index in [4.69, 9.17) is 4.42 Å². The Labute approximate surface area is 338 Å². The van der Waals surface area contributed by atoms with Crippen molar-refractivity contribution in [1.29, 1.82) is 0 Å². The van der Waals surface area contributed by atoms with Crippen LogP contribution in [0.4, 0.5) is 17.1 Å². The fourth-order valence-electron chi connectivity index (χ4n) is 8.96. The summed E-state index contributed by atoms with van der Waals surface area (Å²) in [6, 6.07) is 74.4. The molecule has 0 saturated heterocycles. The molecule has 0 unspecified atom stereocenters. The van der Waals surface area contributed by atoms with Crippen molar-refractivity contribution in [2.24, 2.45) is 0 Å². The SMILES string of the molecule is c1ccc(N(c2cccc(-c3ccc4sc5ccccc5c4c3)c2)c2ccc3c(oc4ccccc43)c2-c2ccc(-n3c4ccccc4c4ccccc43)cc2)cc1. The quantitative estimate of drug-likeness (QED) is 0.168. The molecule has 0 saturated carbocycles. The minimum atomic E-state index is 0.871. The van der Waals surface area contributed by atoms with Crippen LogP contribution in [0.1, 0.15) is 0 Å². The van der Waals surface area contributed by atoms with E-state index in [1.165, 1.54) is 47.5 Å². The molecule has 12 rings (SSSR count). The zero-order chi connectivity index (χ0) is 38.2. The maximum absolute atomic E-state index is 6.85. The van der Waals surface area contributed by atoms with E-state index < -0.39 is 0 Å². The second kappa shape index (κ2) is 13.1. The fourth-order valence-corrected chi connectivity index (χ4v) is 10.0. The predicted octanol–water partition coefficient (Wildman–Crippen LogP) is 15.9. The Kier molecular flexibility index (Phi) is 7.40. The zero-order valence-corrected chi connectivity index (χ0v) is 32.2. The summed E-state index contributed by atoms with van der Waals surface area (Å²) in [6.45, 7) is 0. The van der Waals surface area contributed by atoms with E-state index in [0.717, 1.165) is 61.4 Å². The Morgan fingerprint density at radius 3 is 1.81 bits per heavy atom. The molecule has 3 nitrogen and oxygen atoms in total. The molecule has 0 aliphatic heterocycles. The van der Waals surface area contributed by atoms with Gasteiger partial charge >= 0.3 is 0 Å². The van der Waals surface area contributed by atoms with Crippen LogP contribution in [0.3, 0.4) is 0 Å². The highest BCUT2D eigenvalue weighted by atomic mass is 32.1. The van der Waals surface area contributed by atoms with E-state index in [1.54, 1.807) is 0 Å². The number of benzene rings is 9. The lowest BCUT2D eigenvalue weighted by Gasteiger charge is -2.28. The summed E-state index contributed by atoms with van der Waals surface area (Å²) in [5.41, 5.74) is 12.9. The van der Waals surface area contributed by atoms with Crippen molar-refractivity contribution in [1.82, 2.24) is 4.57 Å². The van der Waals surface area contributed by atoms with Gasteiger partial charge in [0.1, 0.15) is 11.2 Å². The van der Waals surface area contributed by atoms with Crippen LogP contribution in [0.5, 0.6) is 0 Å². The van der Waals surface area contributed by atoms with Crippen LogP contribution in [0.15, 0.2) is 211 Å². The first kappa shape index (κ1) is 32.8. The lowest BCUT2D eigenvalue weighted by atomic mass is 9.97. The number of fused-ring (bicyclic) bond motifs is 9. The van der Waals surface area contributed by atoms with E-state index >= 15 is 0 Å². The first-order chi connectivity index (χ1) is 28.8. The van der Waals surface area contributed by atoms with Crippen molar-refractivity contribution in [2.45, 2.75) is 0 Å². The Hall–Kier alpha value is -7.40. The van der Waals surface area contributed by atoms with E-state index in [-0.39, 0.29) is 0 Å². The van der Waals surface area contributed by atoms with Gasteiger partial charge in [-0.05, 0) is 102 Å². The van der Waals surface area contributed by atoms with Gasteiger partial charge in [-0.2, -0.15) is 0 Å². The highest BCUT2D eigenvalue weighted by Gasteiger charge is 2.23. The fraction of sp³-hybridized carbons (Fsp3) is 0. The molecule has 0 aliphatic rings. The lowest BCUT2D eigenvalue weighted by molar-refractivity contribution is 0.670. The van der Waals surface area contributed by atoms with Crippen LogP contribution in [-0.2, 0) is 0 Å². The molecule has 9 aromatic carbocycles. The first-order valence-corrected chi connectivity index (χ1v) is 20.5. The molecule has 58 heavy (non-hydrogen) atoms. The molecule has 4 heteroatoms. The van der Waals surface area contributed by atoms with Gasteiger partial charge in [0, 0.05) is 64.3 Å². The third-order valence-corrected chi connectivity index (χ3v) is 12.7. The smallest absolute Gasteiger partial charge is 0.145 e. The van der Waals surface area contributed by atoms with E-state index in [2.05, 4.69) is 210 Å². The Balaban J connectivity index is 1.06. The van der Waals surface area contributed by atoms with Gasteiger partial charge in [0.25, 0.3) is 0 Å². The van der Waals surface area contributed by atoms with Gasteiger partial charge in [0.15, 0.2) is 0 Å². The number of thiophene rings is 1. The number of aromatic nitrogens is 1. The number of nitrogens with zero attached hydrogens (tertiary/aromatic N) is 2. The topological polar surface area (TPSA) is 21.3 Å². The summed E-state index contributed by atoms with van der Waals surface area (Å²) in [5.74, 6) is 0. The molecule has 3 heterocycles. The zero-order valence-electron chi connectivity index (χ0n) is 31.3. The third kappa shape index (κ3) is 5.12. The Morgan fingerprint density at radius 1 is 0.397 bits per heavy atom. The summed E-state index contributed by atoms with van der Waals surface area (Å²) in [6.07, 6.45) is 0. The van der Waals surface area contributed by atoms with Crippen LogP contribution in [0.2, 0.25) is 0 Å². The van der Waals surface area contributed by atoms with Crippen LogP contribution < -0.4 is 4.90 Å². The summed E-state index contributed by atoms with van der Waals surface area (Å²) in [7, 11) is 0. The molecule has 0 atom stereocenters. The molecule has 3 aromatic heterocycles. The molecule has 12 aromatic rings. The Bertz CT molecular complexity index is 3460. The molecule has 0 bridgehead atoms. The van der Waals surface area contributed by atoms with Crippen molar-refractivity contribution in [3.8, 4) is 27.9 Å². The molecule has 0 radical (unpaired) electrons. The normalized spacial score (nSPS) is 11.8. The third-order valence-electron chi connectivity index (χ3n) is 11.6. The second-order valence-corrected chi connectivity index (χ2v) is 16.0. The summed E-state index contributed by atoms with van der Waals surface area (Å²) >= 11 is 1.85. The number of hydrogen-bond acceptors (Lipinski definition) is 3.